The lowest BCUT2D eigenvalue weighted by atomic mass is 10.1. The minimum atomic E-state index is -4.99. The number of aliphatic hydroxyl groups excluding tert-OH is 1. The SMILES string of the molecule is CC/C=C\C/C=C\C/C=C\C/C=C\C/C=C\C/C=C\CCC(=O)OCC(COP(=O)(O)OCC(O)COP(=O)(O)OCC(COC(=O)CCCCCCC/C=C\CCCC)OC(=O)CCCCCCCCCCCCC)OC(=O)CCCCCCC/C=C\CCCCCC. The molecular formula is C75H130O17P2. The molecule has 0 aromatic carbocycles. The Hall–Kier alpha value is -4.02. The van der Waals surface area contributed by atoms with Gasteiger partial charge in [0, 0.05) is 25.7 Å². The lowest BCUT2D eigenvalue weighted by molar-refractivity contribution is -0.161. The summed E-state index contributed by atoms with van der Waals surface area (Å²) in [7, 11) is -9.95. The highest BCUT2D eigenvalue weighted by atomic mass is 31.2. The Kier molecular flexibility index (Phi) is 64.7. The Morgan fingerprint density at radius 3 is 0.957 bits per heavy atom. The van der Waals surface area contributed by atoms with Gasteiger partial charge in [0.15, 0.2) is 12.2 Å². The Morgan fingerprint density at radius 1 is 0.309 bits per heavy atom. The first-order valence-corrected chi connectivity index (χ1v) is 39.5. The highest BCUT2D eigenvalue weighted by Crippen LogP contribution is 2.45. The number of esters is 4. The van der Waals surface area contributed by atoms with E-state index in [4.69, 9.17) is 37.0 Å². The summed E-state index contributed by atoms with van der Waals surface area (Å²) in [4.78, 5) is 72.5. The number of phosphoric acid groups is 2. The number of aliphatic hydroxyl groups is 1. The number of allylic oxidation sites excluding steroid dienone is 16. The molecule has 3 N–H and O–H groups in total. The Morgan fingerprint density at radius 2 is 0.585 bits per heavy atom. The van der Waals surface area contributed by atoms with Crippen molar-refractivity contribution in [2.24, 2.45) is 0 Å². The molecule has 0 bridgehead atoms. The molecule has 0 aromatic rings. The molecule has 0 rings (SSSR count). The van der Waals surface area contributed by atoms with E-state index in [1.54, 1.807) is 0 Å². The summed E-state index contributed by atoms with van der Waals surface area (Å²) in [5.41, 5.74) is 0. The molecule has 0 fully saturated rings. The zero-order chi connectivity index (χ0) is 69.0. The summed E-state index contributed by atoms with van der Waals surface area (Å²) in [5.74, 6) is -2.28. The van der Waals surface area contributed by atoms with Gasteiger partial charge in [0.25, 0.3) is 0 Å². The quantitative estimate of drug-likeness (QED) is 0.0169. The van der Waals surface area contributed by atoms with Gasteiger partial charge in [-0.3, -0.25) is 37.3 Å². The second-order valence-electron chi connectivity index (χ2n) is 24.2. The number of hydrogen-bond acceptors (Lipinski definition) is 15. The van der Waals surface area contributed by atoms with Crippen molar-refractivity contribution in [1.29, 1.82) is 0 Å². The third-order valence-corrected chi connectivity index (χ3v) is 16.9. The van der Waals surface area contributed by atoms with E-state index in [1.165, 1.54) is 77.0 Å². The van der Waals surface area contributed by atoms with E-state index in [-0.39, 0.29) is 25.7 Å². The first kappa shape index (κ1) is 90.0. The van der Waals surface area contributed by atoms with Gasteiger partial charge in [-0.1, -0.05) is 260 Å². The van der Waals surface area contributed by atoms with E-state index in [1.807, 2.05) is 18.2 Å². The molecular weight excluding hydrogens is 1230 g/mol. The van der Waals surface area contributed by atoms with Gasteiger partial charge in [0.05, 0.1) is 26.4 Å². The van der Waals surface area contributed by atoms with Gasteiger partial charge in [-0.15, -0.1) is 0 Å². The molecule has 94 heavy (non-hydrogen) atoms. The molecule has 5 atom stereocenters. The maximum absolute atomic E-state index is 13.0. The van der Waals surface area contributed by atoms with Crippen LogP contribution in [0.3, 0.4) is 0 Å². The van der Waals surface area contributed by atoms with Gasteiger partial charge >= 0.3 is 39.5 Å². The van der Waals surface area contributed by atoms with E-state index in [0.29, 0.717) is 32.1 Å². The molecule has 0 aromatic heterocycles. The normalized spacial score (nSPS) is 14.6. The molecule has 0 aliphatic heterocycles. The van der Waals surface area contributed by atoms with Crippen LogP contribution < -0.4 is 0 Å². The van der Waals surface area contributed by atoms with Crippen molar-refractivity contribution in [2.75, 3.05) is 39.6 Å². The van der Waals surface area contributed by atoms with Crippen LogP contribution in [0.5, 0.6) is 0 Å². The molecule has 0 radical (unpaired) electrons. The molecule has 17 nitrogen and oxygen atoms in total. The maximum Gasteiger partial charge on any atom is 0.472 e. The fraction of sp³-hybridized carbons (Fsp3) is 0.733. The summed E-state index contributed by atoms with van der Waals surface area (Å²) in [5, 5.41) is 10.6. The first-order chi connectivity index (χ1) is 45.7. The van der Waals surface area contributed by atoms with Crippen molar-refractivity contribution in [2.45, 2.75) is 316 Å². The van der Waals surface area contributed by atoms with Crippen molar-refractivity contribution in [3.05, 3.63) is 97.2 Å². The highest BCUT2D eigenvalue weighted by Gasteiger charge is 2.30. The second-order valence-corrected chi connectivity index (χ2v) is 27.1. The number of unbranched alkanes of at least 4 members (excludes halogenated alkanes) is 26. The van der Waals surface area contributed by atoms with E-state index in [0.717, 1.165) is 135 Å². The largest absolute Gasteiger partial charge is 0.472 e. The standard InChI is InChI=1S/C75H130O17P2/c1-5-9-13-17-21-25-29-31-32-33-34-35-36-38-41-44-48-52-56-60-73(78)86-66-71(92-75(80)62-58-54-50-46-42-37-30-26-22-18-14-10-6-2)68-90-94(83,84)88-64-69(76)63-87-93(81,82)89-67-70(91-74(79)61-57-53-49-45-40-28-24-20-16-12-8-4)65-85-72(77)59-55-51-47-43-39-27-23-19-15-11-7-3/h9,13,19,21,23,25-26,30-32,34-35,38,41,48,52,69-71,76H,5-8,10-12,14-18,20,22,24,27-29,33,36-37,39-40,42-47,49-51,53-68H2,1-4H3,(H,81,82)(H,83,84)/b13-9-,23-19-,25-21-,30-26-,32-31-,35-34-,41-38-,52-48-. The molecule has 0 saturated carbocycles. The average Bonchev–Trinajstić information content (AvgIpc) is 1.73. The van der Waals surface area contributed by atoms with Gasteiger partial charge < -0.3 is 33.8 Å². The Balaban J connectivity index is 5.37. The van der Waals surface area contributed by atoms with Gasteiger partial charge in [0.2, 0.25) is 0 Å². The van der Waals surface area contributed by atoms with E-state index in [2.05, 4.69) is 107 Å². The van der Waals surface area contributed by atoms with Crippen LogP contribution in [0.1, 0.15) is 297 Å². The van der Waals surface area contributed by atoms with Crippen LogP contribution in [0.2, 0.25) is 0 Å². The van der Waals surface area contributed by atoms with Crippen LogP contribution in [0.15, 0.2) is 97.2 Å². The maximum atomic E-state index is 13.0. The molecule has 0 saturated heterocycles. The number of ether oxygens (including phenoxy) is 4. The van der Waals surface area contributed by atoms with Gasteiger partial charge in [-0.05, 0) is 109 Å². The van der Waals surface area contributed by atoms with Gasteiger partial charge in [0.1, 0.15) is 19.3 Å². The first-order valence-electron chi connectivity index (χ1n) is 36.5. The minimum Gasteiger partial charge on any atom is -0.462 e. The molecule has 0 amide bonds. The number of carbonyl (C=O) groups is 4. The topological polar surface area (TPSA) is 237 Å². The molecule has 0 aliphatic rings. The van der Waals surface area contributed by atoms with Crippen molar-refractivity contribution < 1.29 is 80.2 Å². The summed E-state index contributed by atoms with van der Waals surface area (Å²) >= 11 is 0. The number of rotatable bonds is 68. The van der Waals surface area contributed by atoms with Crippen LogP contribution in [-0.2, 0) is 65.4 Å². The second kappa shape index (κ2) is 67.5. The lowest BCUT2D eigenvalue weighted by Gasteiger charge is -2.21. The van der Waals surface area contributed by atoms with Crippen LogP contribution in [-0.4, -0.2) is 96.7 Å². The van der Waals surface area contributed by atoms with Crippen LogP contribution in [0, 0.1) is 0 Å². The van der Waals surface area contributed by atoms with E-state index < -0.39 is 97.5 Å². The molecule has 542 valence electrons. The Bertz CT molecular complexity index is 2170. The van der Waals surface area contributed by atoms with Crippen LogP contribution in [0.25, 0.3) is 0 Å². The average molecular weight is 1370 g/mol. The van der Waals surface area contributed by atoms with Crippen molar-refractivity contribution in [3.63, 3.8) is 0 Å². The fourth-order valence-corrected chi connectivity index (χ4v) is 11.0. The fourth-order valence-electron chi connectivity index (χ4n) is 9.46. The zero-order valence-corrected chi connectivity index (χ0v) is 60.7. The molecule has 19 heteroatoms. The van der Waals surface area contributed by atoms with Gasteiger partial charge in [-0.25, -0.2) is 9.13 Å². The molecule has 0 heterocycles. The predicted octanol–water partition coefficient (Wildman–Crippen LogP) is 20.4. The monoisotopic (exact) mass is 1360 g/mol. The number of carbonyl (C=O) groups excluding carboxylic acids is 4. The molecule has 0 aliphatic carbocycles. The van der Waals surface area contributed by atoms with Crippen molar-refractivity contribution >= 4 is 39.5 Å². The third-order valence-electron chi connectivity index (χ3n) is 15.0. The summed E-state index contributed by atoms with van der Waals surface area (Å²) in [6.45, 7) is 4.59. The molecule has 0 spiro atoms. The van der Waals surface area contributed by atoms with Crippen molar-refractivity contribution in [3.8, 4) is 0 Å². The zero-order valence-electron chi connectivity index (χ0n) is 58.9. The van der Waals surface area contributed by atoms with E-state index >= 15 is 0 Å². The third kappa shape index (κ3) is 66.6. The van der Waals surface area contributed by atoms with Crippen molar-refractivity contribution in [1.82, 2.24) is 0 Å². The smallest absolute Gasteiger partial charge is 0.462 e. The van der Waals surface area contributed by atoms with E-state index in [9.17, 15) is 43.2 Å². The summed E-state index contributed by atoms with van der Waals surface area (Å²) in [6.07, 6.45) is 68.6. The van der Waals surface area contributed by atoms with Gasteiger partial charge in [-0.2, -0.15) is 0 Å². The number of phosphoric ester groups is 2. The summed E-state index contributed by atoms with van der Waals surface area (Å²) in [6, 6.07) is 0. The predicted molar refractivity (Wildman–Crippen MR) is 381 cm³/mol. The Labute approximate surface area is 569 Å². The van der Waals surface area contributed by atoms with Crippen LogP contribution in [0.4, 0.5) is 0 Å². The lowest BCUT2D eigenvalue weighted by Crippen LogP contribution is -2.30. The van der Waals surface area contributed by atoms with Crippen LogP contribution >= 0.6 is 15.6 Å². The minimum absolute atomic E-state index is 0.0348. The molecule has 5 unspecified atom stereocenters. The highest BCUT2D eigenvalue weighted by molar-refractivity contribution is 7.47. The summed E-state index contributed by atoms with van der Waals surface area (Å²) < 4.78 is 68.2. The number of hydrogen-bond donors (Lipinski definition) is 3.